The molecule has 1 N–H and O–H groups in total. The molecule has 1 atom stereocenters. The maximum absolute atomic E-state index is 11.0. The smallest absolute Gasteiger partial charge is 0.0764 e. The van der Waals surface area contributed by atoms with Gasteiger partial charge >= 0.3 is 0 Å². The third-order valence-electron chi connectivity index (χ3n) is 5.34. The lowest BCUT2D eigenvalue weighted by atomic mass is 9.84. The minimum Gasteiger partial charge on any atom is -0.391 e. The number of benzene rings is 1. The molecule has 110 valence electrons. The van der Waals surface area contributed by atoms with Gasteiger partial charge in [-0.05, 0) is 51.3 Å². The van der Waals surface area contributed by atoms with Crippen molar-refractivity contribution in [2.24, 2.45) is 0 Å². The molecule has 2 aliphatic rings. The molecule has 1 unspecified atom stereocenters. The van der Waals surface area contributed by atoms with E-state index in [-0.39, 0.29) is 11.6 Å². The van der Waals surface area contributed by atoms with Crippen molar-refractivity contribution in [3.05, 3.63) is 35.4 Å². The summed E-state index contributed by atoms with van der Waals surface area (Å²) in [5.41, 5.74) is 2.64. The van der Waals surface area contributed by atoms with Gasteiger partial charge in [-0.2, -0.15) is 0 Å². The van der Waals surface area contributed by atoms with Crippen LogP contribution in [0.4, 0.5) is 0 Å². The van der Waals surface area contributed by atoms with Gasteiger partial charge in [-0.15, -0.1) is 0 Å². The number of aliphatic hydroxyl groups excluding tert-OH is 1. The molecule has 2 fully saturated rings. The number of aryl methyl sites for hydroxylation is 1. The molecule has 3 rings (SSSR count). The van der Waals surface area contributed by atoms with E-state index in [0.29, 0.717) is 0 Å². The predicted molar refractivity (Wildman–Crippen MR) is 82.9 cm³/mol. The van der Waals surface area contributed by atoms with Gasteiger partial charge in [0.05, 0.1) is 6.10 Å². The molecule has 0 amide bonds. The van der Waals surface area contributed by atoms with Gasteiger partial charge in [0.15, 0.2) is 0 Å². The number of nitrogens with zero attached hydrogens (tertiary/aromatic N) is 1. The van der Waals surface area contributed by atoms with Gasteiger partial charge in [-0.1, -0.05) is 42.7 Å². The Morgan fingerprint density at radius 2 is 1.85 bits per heavy atom. The maximum Gasteiger partial charge on any atom is 0.0764 e. The summed E-state index contributed by atoms with van der Waals surface area (Å²) in [6.45, 7) is 4.50. The van der Waals surface area contributed by atoms with Crippen LogP contribution in [0.2, 0.25) is 0 Å². The Hall–Kier alpha value is -0.860. The average Bonchev–Trinajstić information content (AvgIpc) is 3.11. The summed E-state index contributed by atoms with van der Waals surface area (Å²) >= 11 is 0. The Morgan fingerprint density at radius 3 is 2.50 bits per heavy atom. The SMILES string of the molecule is Cc1cccc(CC(O)C2(N3CCCC3)CCCC2)c1. The molecular formula is C18H27NO. The topological polar surface area (TPSA) is 23.5 Å². The Balaban J connectivity index is 1.77. The Bertz CT molecular complexity index is 444. The van der Waals surface area contributed by atoms with E-state index in [4.69, 9.17) is 0 Å². The first-order chi connectivity index (χ1) is 9.71. The number of likely N-dealkylation sites (tertiary alicyclic amines) is 1. The molecule has 1 saturated heterocycles. The van der Waals surface area contributed by atoms with Gasteiger partial charge in [-0.3, -0.25) is 4.90 Å². The zero-order chi connectivity index (χ0) is 14.0. The summed E-state index contributed by atoms with van der Waals surface area (Å²) in [5, 5.41) is 11.0. The van der Waals surface area contributed by atoms with Crippen molar-refractivity contribution in [2.45, 2.75) is 63.5 Å². The molecule has 2 heteroatoms. The standard InChI is InChI=1S/C18H27NO/c1-15-7-6-8-16(13-15)14-17(20)18(9-2-3-10-18)19-11-4-5-12-19/h6-8,13,17,20H,2-5,9-12,14H2,1H3. The van der Waals surface area contributed by atoms with Crippen LogP contribution in [0.15, 0.2) is 24.3 Å². The maximum atomic E-state index is 11.0. The highest BCUT2D eigenvalue weighted by molar-refractivity contribution is 5.23. The van der Waals surface area contributed by atoms with Crippen LogP contribution in [0.25, 0.3) is 0 Å². The first-order valence-corrected chi connectivity index (χ1v) is 8.19. The van der Waals surface area contributed by atoms with Gasteiger partial charge < -0.3 is 5.11 Å². The van der Waals surface area contributed by atoms with Crippen LogP contribution >= 0.6 is 0 Å². The van der Waals surface area contributed by atoms with Crippen LogP contribution in [0.1, 0.15) is 49.7 Å². The summed E-state index contributed by atoms with van der Waals surface area (Å²) in [6.07, 6.45) is 8.11. The third-order valence-corrected chi connectivity index (χ3v) is 5.34. The average molecular weight is 273 g/mol. The van der Waals surface area contributed by atoms with E-state index in [9.17, 15) is 5.11 Å². The van der Waals surface area contributed by atoms with E-state index in [1.54, 1.807) is 0 Å². The fourth-order valence-electron chi connectivity index (χ4n) is 4.26. The first kappa shape index (κ1) is 14.1. The molecule has 1 aliphatic heterocycles. The van der Waals surface area contributed by atoms with Crippen LogP contribution in [0.5, 0.6) is 0 Å². The lowest BCUT2D eigenvalue weighted by Crippen LogP contribution is -2.54. The van der Waals surface area contributed by atoms with Gasteiger partial charge in [0, 0.05) is 12.0 Å². The lowest BCUT2D eigenvalue weighted by Gasteiger charge is -2.43. The van der Waals surface area contributed by atoms with Crippen LogP contribution < -0.4 is 0 Å². The van der Waals surface area contributed by atoms with Crippen LogP contribution in [-0.2, 0) is 6.42 Å². The summed E-state index contributed by atoms with van der Waals surface area (Å²) < 4.78 is 0. The third kappa shape index (κ3) is 2.64. The lowest BCUT2D eigenvalue weighted by molar-refractivity contribution is -0.0172. The van der Waals surface area contributed by atoms with E-state index in [2.05, 4.69) is 36.1 Å². The van der Waals surface area contributed by atoms with E-state index in [0.717, 1.165) is 6.42 Å². The van der Waals surface area contributed by atoms with Gasteiger partial charge in [0.25, 0.3) is 0 Å². The van der Waals surface area contributed by atoms with E-state index in [1.165, 1.54) is 62.7 Å². The molecule has 1 aromatic carbocycles. The van der Waals surface area contributed by atoms with Crippen molar-refractivity contribution in [3.63, 3.8) is 0 Å². The molecular weight excluding hydrogens is 246 g/mol. The number of aliphatic hydroxyl groups is 1. The molecule has 2 nitrogen and oxygen atoms in total. The van der Waals surface area contributed by atoms with Gasteiger partial charge in [-0.25, -0.2) is 0 Å². The minimum atomic E-state index is -0.218. The molecule has 0 aromatic heterocycles. The van der Waals surface area contributed by atoms with E-state index in [1.807, 2.05) is 0 Å². The molecule has 20 heavy (non-hydrogen) atoms. The Kier molecular flexibility index (Phi) is 4.13. The summed E-state index contributed by atoms with van der Waals surface area (Å²) in [6, 6.07) is 8.61. The molecule has 1 saturated carbocycles. The van der Waals surface area contributed by atoms with Crippen molar-refractivity contribution in [3.8, 4) is 0 Å². The number of hydrogen-bond donors (Lipinski definition) is 1. The molecule has 1 aliphatic carbocycles. The summed E-state index contributed by atoms with van der Waals surface area (Å²) in [7, 11) is 0. The number of rotatable bonds is 4. The largest absolute Gasteiger partial charge is 0.391 e. The molecule has 0 radical (unpaired) electrons. The quantitative estimate of drug-likeness (QED) is 0.910. The molecule has 1 heterocycles. The second-order valence-corrected chi connectivity index (χ2v) is 6.71. The summed E-state index contributed by atoms with van der Waals surface area (Å²) in [4.78, 5) is 2.60. The normalized spacial score (nSPS) is 24.1. The second kappa shape index (κ2) is 5.87. The van der Waals surface area contributed by atoms with Crippen LogP contribution in [0, 0.1) is 6.92 Å². The predicted octanol–water partition coefficient (Wildman–Crippen LogP) is 3.31. The zero-order valence-electron chi connectivity index (χ0n) is 12.6. The highest BCUT2D eigenvalue weighted by Crippen LogP contribution is 2.41. The molecule has 1 aromatic rings. The van der Waals surface area contributed by atoms with E-state index < -0.39 is 0 Å². The van der Waals surface area contributed by atoms with Crippen LogP contribution in [-0.4, -0.2) is 34.7 Å². The molecule has 0 spiro atoms. The highest BCUT2D eigenvalue weighted by Gasteiger charge is 2.45. The Morgan fingerprint density at radius 1 is 1.15 bits per heavy atom. The van der Waals surface area contributed by atoms with E-state index >= 15 is 0 Å². The first-order valence-electron chi connectivity index (χ1n) is 8.19. The van der Waals surface area contributed by atoms with Crippen molar-refractivity contribution >= 4 is 0 Å². The van der Waals surface area contributed by atoms with Crippen molar-refractivity contribution in [1.29, 1.82) is 0 Å². The van der Waals surface area contributed by atoms with Gasteiger partial charge in [0.2, 0.25) is 0 Å². The fourth-order valence-corrected chi connectivity index (χ4v) is 4.26. The monoisotopic (exact) mass is 273 g/mol. The highest BCUT2D eigenvalue weighted by atomic mass is 16.3. The van der Waals surface area contributed by atoms with Crippen LogP contribution in [0.3, 0.4) is 0 Å². The molecule has 0 bridgehead atoms. The van der Waals surface area contributed by atoms with Gasteiger partial charge in [0.1, 0.15) is 0 Å². The Labute approximate surface area is 122 Å². The summed E-state index contributed by atoms with van der Waals surface area (Å²) in [5.74, 6) is 0. The van der Waals surface area contributed by atoms with Crippen molar-refractivity contribution < 1.29 is 5.11 Å². The second-order valence-electron chi connectivity index (χ2n) is 6.71. The zero-order valence-corrected chi connectivity index (χ0v) is 12.6. The van der Waals surface area contributed by atoms with Crippen molar-refractivity contribution in [1.82, 2.24) is 4.90 Å². The fraction of sp³-hybridized carbons (Fsp3) is 0.667. The van der Waals surface area contributed by atoms with Crippen molar-refractivity contribution in [2.75, 3.05) is 13.1 Å². The number of hydrogen-bond acceptors (Lipinski definition) is 2. The minimum absolute atomic E-state index is 0.0697.